The van der Waals surface area contributed by atoms with E-state index in [1.807, 2.05) is 0 Å². The van der Waals surface area contributed by atoms with Crippen molar-refractivity contribution in [3.05, 3.63) is 0 Å². The average molecular weight is 455 g/mol. The maximum atomic E-state index is 13.3. The Hall–Kier alpha value is -3.31. The van der Waals surface area contributed by atoms with Crippen molar-refractivity contribution in [1.29, 1.82) is 0 Å². The van der Waals surface area contributed by atoms with Crippen molar-refractivity contribution < 1.29 is 44.1 Å². The van der Waals surface area contributed by atoms with Crippen LogP contribution < -0.4 is 0 Å². The second-order valence-corrected chi connectivity index (χ2v) is 7.51. The number of rotatable bonds is 14. The van der Waals surface area contributed by atoms with Crippen LogP contribution in [0.1, 0.15) is 58.8 Å². The van der Waals surface area contributed by atoms with Crippen LogP contribution >= 0.6 is 0 Å². The SMILES string of the molecule is C=NCCCCC(C(=O)O)N1C(=O)N([C@@H](CCC(=O)O)C(=O)O)C(=O)C(CC)(CC)C1=O. The van der Waals surface area contributed by atoms with Gasteiger partial charge in [0.2, 0.25) is 11.8 Å². The van der Waals surface area contributed by atoms with E-state index in [0.717, 1.165) is 0 Å². The summed E-state index contributed by atoms with van der Waals surface area (Å²) in [6.07, 6.45) is -0.816. The molecule has 1 aliphatic heterocycles. The molecule has 3 N–H and O–H groups in total. The summed E-state index contributed by atoms with van der Waals surface area (Å²) >= 11 is 0. The lowest BCUT2D eigenvalue weighted by Crippen LogP contribution is -2.70. The van der Waals surface area contributed by atoms with Crippen LogP contribution in [-0.4, -0.2) is 86.2 Å². The van der Waals surface area contributed by atoms with Gasteiger partial charge in [-0.1, -0.05) is 13.8 Å². The van der Waals surface area contributed by atoms with Gasteiger partial charge in [-0.3, -0.25) is 14.4 Å². The highest BCUT2D eigenvalue weighted by Crippen LogP contribution is 2.39. The first-order valence-electron chi connectivity index (χ1n) is 10.3. The lowest BCUT2D eigenvalue weighted by molar-refractivity contribution is -0.170. The summed E-state index contributed by atoms with van der Waals surface area (Å²) in [4.78, 5) is 79.0. The van der Waals surface area contributed by atoms with E-state index in [0.29, 0.717) is 22.8 Å². The molecule has 12 heteroatoms. The van der Waals surface area contributed by atoms with Crippen molar-refractivity contribution in [2.75, 3.05) is 6.54 Å². The summed E-state index contributed by atoms with van der Waals surface area (Å²) < 4.78 is 0. The Morgan fingerprint density at radius 2 is 1.38 bits per heavy atom. The topological polar surface area (TPSA) is 182 Å². The van der Waals surface area contributed by atoms with Crippen molar-refractivity contribution >= 4 is 42.5 Å². The van der Waals surface area contributed by atoms with Crippen LogP contribution in [0.15, 0.2) is 4.99 Å². The molecule has 32 heavy (non-hydrogen) atoms. The van der Waals surface area contributed by atoms with Crippen molar-refractivity contribution in [2.24, 2.45) is 10.4 Å². The van der Waals surface area contributed by atoms with Gasteiger partial charge in [0.05, 0.1) is 0 Å². The van der Waals surface area contributed by atoms with E-state index in [4.69, 9.17) is 5.11 Å². The van der Waals surface area contributed by atoms with Crippen LogP contribution in [0, 0.1) is 5.41 Å². The van der Waals surface area contributed by atoms with Crippen molar-refractivity contribution in [2.45, 2.75) is 70.9 Å². The molecule has 12 nitrogen and oxygen atoms in total. The van der Waals surface area contributed by atoms with Crippen LogP contribution in [0.2, 0.25) is 0 Å². The second kappa shape index (κ2) is 11.3. The first kappa shape index (κ1) is 26.7. The Kier molecular flexibility index (Phi) is 9.48. The third-order valence-electron chi connectivity index (χ3n) is 5.74. The van der Waals surface area contributed by atoms with E-state index in [2.05, 4.69) is 11.7 Å². The van der Waals surface area contributed by atoms with Crippen LogP contribution in [0.3, 0.4) is 0 Å². The van der Waals surface area contributed by atoms with E-state index >= 15 is 0 Å². The van der Waals surface area contributed by atoms with E-state index in [1.54, 1.807) is 0 Å². The monoisotopic (exact) mass is 455 g/mol. The fraction of sp³-hybridized carbons (Fsp3) is 0.650. The minimum Gasteiger partial charge on any atom is -0.481 e. The smallest absolute Gasteiger partial charge is 0.335 e. The Morgan fingerprint density at radius 3 is 1.75 bits per heavy atom. The summed E-state index contributed by atoms with van der Waals surface area (Å²) in [5.74, 6) is -6.51. The first-order valence-corrected chi connectivity index (χ1v) is 10.3. The van der Waals surface area contributed by atoms with Gasteiger partial charge in [0, 0.05) is 13.0 Å². The fourth-order valence-electron chi connectivity index (χ4n) is 3.79. The molecule has 2 atom stereocenters. The molecule has 1 saturated heterocycles. The Labute approximate surface area is 184 Å². The molecule has 0 saturated carbocycles. The van der Waals surface area contributed by atoms with E-state index in [9.17, 15) is 39.0 Å². The molecule has 0 radical (unpaired) electrons. The number of carboxylic acids is 3. The summed E-state index contributed by atoms with van der Waals surface area (Å²) in [7, 11) is 0. The third kappa shape index (κ3) is 5.29. The number of carbonyl (C=O) groups excluding carboxylic acids is 3. The molecule has 1 aliphatic rings. The number of nitrogens with zero attached hydrogens (tertiary/aromatic N) is 3. The normalized spacial score (nSPS) is 17.8. The molecule has 0 aliphatic carbocycles. The van der Waals surface area contributed by atoms with Crippen LogP contribution in [0.5, 0.6) is 0 Å². The third-order valence-corrected chi connectivity index (χ3v) is 5.74. The van der Waals surface area contributed by atoms with Gasteiger partial charge in [-0.2, -0.15) is 0 Å². The first-order chi connectivity index (χ1) is 15.0. The Morgan fingerprint density at radius 1 is 0.906 bits per heavy atom. The number of carbonyl (C=O) groups is 6. The zero-order chi connectivity index (χ0) is 24.6. The predicted octanol–water partition coefficient (Wildman–Crippen LogP) is 1.23. The Balaban J connectivity index is 3.53. The van der Waals surface area contributed by atoms with Crippen molar-refractivity contribution in [3.8, 4) is 0 Å². The molecular weight excluding hydrogens is 426 g/mol. The molecule has 178 valence electrons. The highest BCUT2D eigenvalue weighted by Gasteiger charge is 2.59. The summed E-state index contributed by atoms with van der Waals surface area (Å²) in [6, 6.07) is -4.86. The summed E-state index contributed by atoms with van der Waals surface area (Å²) in [5.41, 5.74) is -1.83. The van der Waals surface area contributed by atoms with Gasteiger partial charge in [-0.05, 0) is 45.2 Å². The summed E-state index contributed by atoms with van der Waals surface area (Å²) in [5, 5.41) is 28.3. The van der Waals surface area contributed by atoms with Crippen LogP contribution in [-0.2, 0) is 24.0 Å². The lowest BCUT2D eigenvalue weighted by atomic mass is 9.77. The predicted molar refractivity (Wildman–Crippen MR) is 110 cm³/mol. The number of imide groups is 2. The van der Waals surface area contributed by atoms with Gasteiger partial charge in [0.1, 0.15) is 17.5 Å². The molecule has 1 rings (SSSR count). The molecule has 0 aromatic carbocycles. The maximum absolute atomic E-state index is 13.3. The van der Waals surface area contributed by atoms with E-state index < -0.39 is 66.1 Å². The van der Waals surface area contributed by atoms with E-state index in [1.165, 1.54) is 13.8 Å². The number of amides is 4. The second-order valence-electron chi connectivity index (χ2n) is 7.51. The zero-order valence-electron chi connectivity index (χ0n) is 18.2. The van der Waals surface area contributed by atoms with Gasteiger partial charge >= 0.3 is 23.9 Å². The number of hydrogen-bond acceptors (Lipinski definition) is 7. The van der Waals surface area contributed by atoms with Crippen LogP contribution in [0.25, 0.3) is 0 Å². The molecule has 1 unspecified atom stereocenters. The standard InChI is InChI=1S/C20H29N3O9/c1-4-20(5-2)17(30)22(12(15(26)27)8-6-7-11-21-3)19(32)23(18(20)31)13(16(28)29)9-10-14(24)25/h12-13H,3-11H2,1-2H3,(H,24,25)(H,26,27)(H,28,29)/t12?,13-/m0/s1. The number of barbiturate groups is 1. The van der Waals surface area contributed by atoms with Crippen molar-refractivity contribution in [1.82, 2.24) is 9.80 Å². The molecule has 1 heterocycles. The zero-order valence-corrected chi connectivity index (χ0v) is 18.2. The molecule has 0 aromatic rings. The quantitative estimate of drug-likeness (QED) is 0.197. The minimum atomic E-state index is -1.86. The molecule has 0 aromatic heterocycles. The number of aliphatic imine (C=N–C) groups is 1. The van der Waals surface area contributed by atoms with Crippen LogP contribution in [0.4, 0.5) is 4.79 Å². The molecule has 1 fully saturated rings. The van der Waals surface area contributed by atoms with E-state index in [-0.39, 0.29) is 25.7 Å². The van der Waals surface area contributed by atoms with Gasteiger partial charge in [0.25, 0.3) is 0 Å². The number of unbranched alkanes of at least 4 members (excludes halogenated alkanes) is 1. The number of aliphatic carboxylic acids is 3. The highest BCUT2D eigenvalue weighted by atomic mass is 16.4. The van der Waals surface area contributed by atoms with Gasteiger partial charge < -0.3 is 20.3 Å². The average Bonchev–Trinajstić information content (AvgIpc) is 2.72. The highest BCUT2D eigenvalue weighted by molar-refractivity contribution is 6.21. The van der Waals surface area contributed by atoms with Crippen molar-refractivity contribution in [3.63, 3.8) is 0 Å². The van der Waals surface area contributed by atoms with Gasteiger partial charge in [0.15, 0.2) is 0 Å². The number of carboxylic acid groups (broad SMARTS) is 3. The van der Waals surface area contributed by atoms with Gasteiger partial charge in [-0.15, -0.1) is 0 Å². The molecule has 4 amide bonds. The summed E-state index contributed by atoms with van der Waals surface area (Å²) in [6.45, 7) is 6.68. The number of urea groups is 1. The largest absolute Gasteiger partial charge is 0.481 e. The molecule has 0 bridgehead atoms. The Bertz CT molecular complexity index is 791. The number of hydrogen-bond donors (Lipinski definition) is 3. The van der Waals surface area contributed by atoms with Gasteiger partial charge in [-0.25, -0.2) is 24.2 Å². The molecule has 0 spiro atoms. The minimum absolute atomic E-state index is 0.0978. The maximum Gasteiger partial charge on any atom is 0.335 e. The molecular formula is C20H29N3O9. The lowest BCUT2D eigenvalue weighted by Gasteiger charge is -2.46. The fourth-order valence-corrected chi connectivity index (χ4v) is 3.79.